The van der Waals surface area contributed by atoms with E-state index in [0.29, 0.717) is 12.3 Å². The number of hydrogen-bond donors (Lipinski definition) is 0. The smallest absolute Gasteiger partial charge is 0.332 e. The second kappa shape index (κ2) is 8.84. The van der Waals surface area contributed by atoms with Crippen LogP contribution in [0.2, 0.25) is 0 Å². The third-order valence-electron chi connectivity index (χ3n) is 6.00. The van der Waals surface area contributed by atoms with E-state index in [1.165, 1.54) is 12.0 Å². The van der Waals surface area contributed by atoms with Crippen molar-refractivity contribution in [2.24, 2.45) is 0 Å². The third kappa shape index (κ3) is 4.09. The number of piperazine rings is 1. The fourth-order valence-corrected chi connectivity index (χ4v) is 4.09. The van der Waals surface area contributed by atoms with Crippen molar-refractivity contribution in [2.75, 3.05) is 38.1 Å². The Balaban J connectivity index is 1.31. The molecule has 0 radical (unpaired) electrons. The Labute approximate surface area is 186 Å². The van der Waals surface area contributed by atoms with E-state index in [-0.39, 0.29) is 5.69 Å². The molecule has 1 aromatic carbocycles. The third-order valence-corrected chi connectivity index (χ3v) is 6.00. The fourth-order valence-electron chi connectivity index (χ4n) is 4.09. The maximum Gasteiger partial charge on any atom is 0.332 e. The second-order valence-corrected chi connectivity index (χ2v) is 8.08. The van der Waals surface area contributed by atoms with E-state index in [1.54, 1.807) is 15.3 Å². The lowest BCUT2D eigenvalue weighted by molar-refractivity contribution is 0.311. The van der Waals surface area contributed by atoms with Crippen LogP contribution in [0.25, 0.3) is 17.0 Å². The molecule has 0 bridgehead atoms. The standard InChI is InChI=1S/C24H26N6O2/c1-27-11-13-28(14-12-27)23-20(3-2-9-26-23)8-10-29-15-16-30(24(29)31)21-6-4-19(5-7-21)22-17-25-18-32-22/h2-7,9,15-18H,8,10-14H2,1H3. The molecule has 0 atom stereocenters. The highest BCUT2D eigenvalue weighted by molar-refractivity contribution is 5.58. The van der Waals surface area contributed by atoms with E-state index in [0.717, 1.165) is 49.7 Å². The molecule has 3 aromatic heterocycles. The molecule has 1 aliphatic rings. The molecule has 8 nitrogen and oxygen atoms in total. The summed E-state index contributed by atoms with van der Waals surface area (Å²) in [5, 5.41) is 0. The summed E-state index contributed by atoms with van der Waals surface area (Å²) in [5.74, 6) is 1.74. The number of benzene rings is 1. The first kappa shape index (κ1) is 20.3. The Hall–Kier alpha value is -3.65. The van der Waals surface area contributed by atoms with Gasteiger partial charge < -0.3 is 14.2 Å². The van der Waals surface area contributed by atoms with E-state index < -0.39 is 0 Å². The van der Waals surface area contributed by atoms with Crippen LogP contribution in [0.15, 0.2) is 76.8 Å². The minimum Gasteiger partial charge on any atom is -0.444 e. The molecule has 4 heterocycles. The maximum atomic E-state index is 13.0. The average Bonchev–Trinajstić information content (AvgIpc) is 3.49. The minimum absolute atomic E-state index is 0.0533. The van der Waals surface area contributed by atoms with Gasteiger partial charge in [-0.2, -0.15) is 0 Å². The SMILES string of the molecule is CN1CCN(c2ncccc2CCn2ccn(-c3ccc(-c4cnco4)cc3)c2=O)CC1. The van der Waals surface area contributed by atoms with Crippen LogP contribution >= 0.6 is 0 Å². The molecule has 0 amide bonds. The number of rotatable bonds is 6. The first-order chi connectivity index (χ1) is 15.7. The summed E-state index contributed by atoms with van der Waals surface area (Å²) in [4.78, 5) is 26.3. The van der Waals surface area contributed by atoms with Gasteiger partial charge in [0, 0.05) is 56.9 Å². The number of likely N-dealkylation sites (N-methyl/N-ethyl adjacent to an activating group) is 1. The van der Waals surface area contributed by atoms with E-state index in [9.17, 15) is 4.79 Å². The van der Waals surface area contributed by atoms with Crippen LogP contribution in [0.1, 0.15) is 5.56 Å². The summed E-state index contributed by atoms with van der Waals surface area (Å²) < 4.78 is 8.75. The summed E-state index contributed by atoms with van der Waals surface area (Å²) in [6, 6.07) is 11.8. The Kier molecular flexibility index (Phi) is 5.60. The van der Waals surface area contributed by atoms with Gasteiger partial charge in [0.25, 0.3) is 0 Å². The molecule has 0 spiro atoms. The lowest BCUT2D eigenvalue weighted by Gasteiger charge is -2.34. The lowest BCUT2D eigenvalue weighted by Crippen LogP contribution is -2.45. The molecule has 0 saturated carbocycles. The van der Waals surface area contributed by atoms with Crippen molar-refractivity contribution < 1.29 is 4.42 Å². The van der Waals surface area contributed by atoms with Crippen LogP contribution in [0.4, 0.5) is 5.82 Å². The normalized spacial score (nSPS) is 14.7. The van der Waals surface area contributed by atoms with E-state index in [1.807, 2.05) is 48.9 Å². The molecule has 1 fully saturated rings. The van der Waals surface area contributed by atoms with Crippen molar-refractivity contribution >= 4 is 5.82 Å². The Morgan fingerprint density at radius 1 is 1.03 bits per heavy atom. The van der Waals surface area contributed by atoms with Crippen molar-refractivity contribution in [3.05, 3.63) is 83.6 Å². The first-order valence-electron chi connectivity index (χ1n) is 10.8. The number of nitrogens with zero attached hydrogens (tertiary/aromatic N) is 6. The molecule has 32 heavy (non-hydrogen) atoms. The van der Waals surface area contributed by atoms with Crippen LogP contribution < -0.4 is 10.6 Å². The first-order valence-corrected chi connectivity index (χ1v) is 10.8. The van der Waals surface area contributed by atoms with Gasteiger partial charge in [-0.3, -0.25) is 9.13 Å². The van der Waals surface area contributed by atoms with Crippen LogP contribution in [-0.2, 0) is 13.0 Å². The van der Waals surface area contributed by atoms with Gasteiger partial charge in [-0.15, -0.1) is 0 Å². The summed E-state index contributed by atoms with van der Waals surface area (Å²) >= 11 is 0. The molecule has 5 rings (SSSR count). The lowest BCUT2D eigenvalue weighted by atomic mass is 10.1. The van der Waals surface area contributed by atoms with Gasteiger partial charge in [0.05, 0.1) is 11.9 Å². The number of aromatic nitrogens is 4. The van der Waals surface area contributed by atoms with Crippen molar-refractivity contribution in [1.82, 2.24) is 24.0 Å². The van der Waals surface area contributed by atoms with E-state index in [2.05, 4.69) is 32.9 Å². The summed E-state index contributed by atoms with van der Waals surface area (Å²) in [7, 11) is 2.15. The van der Waals surface area contributed by atoms with Crippen molar-refractivity contribution in [2.45, 2.75) is 13.0 Å². The number of anilines is 1. The quantitative estimate of drug-likeness (QED) is 0.468. The second-order valence-electron chi connectivity index (χ2n) is 8.08. The Morgan fingerprint density at radius 3 is 2.59 bits per heavy atom. The van der Waals surface area contributed by atoms with Crippen LogP contribution in [0, 0.1) is 0 Å². The number of hydrogen-bond acceptors (Lipinski definition) is 6. The molecule has 8 heteroatoms. The largest absolute Gasteiger partial charge is 0.444 e. The van der Waals surface area contributed by atoms with Gasteiger partial charge in [0.15, 0.2) is 12.2 Å². The Bertz CT molecular complexity index is 1220. The van der Waals surface area contributed by atoms with Crippen molar-refractivity contribution in [1.29, 1.82) is 0 Å². The Morgan fingerprint density at radius 2 is 1.84 bits per heavy atom. The number of imidazole rings is 1. The molecular weight excluding hydrogens is 404 g/mol. The number of pyridine rings is 1. The molecule has 1 saturated heterocycles. The van der Waals surface area contributed by atoms with Crippen molar-refractivity contribution in [3.63, 3.8) is 0 Å². The summed E-state index contributed by atoms with van der Waals surface area (Å²) in [6.07, 6.45) is 9.35. The highest BCUT2D eigenvalue weighted by Crippen LogP contribution is 2.21. The van der Waals surface area contributed by atoms with Gasteiger partial charge >= 0.3 is 5.69 Å². The topological polar surface area (TPSA) is 72.3 Å². The number of oxazole rings is 1. The maximum absolute atomic E-state index is 13.0. The molecule has 0 aliphatic carbocycles. The van der Waals surface area contributed by atoms with Gasteiger partial charge in [-0.1, -0.05) is 6.07 Å². The summed E-state index contributed by atoms with van der Waals surface area (Å²) in [5.41, 5.74) is 2.86. The van der Waals surface area contributed by atoms with Crippen molar-refractivity contribution in [3.8, 4) is 17.0 Å². The van der Waals surface area contributed by atoms with Gasteiger partial charge in [0.2, 0.25) is 0 Å². The molecule has 0 unspecified atom stereocenters. The highest BCUT2D eigenvalue weighted by Gasteiger charge is 2.18. The van der Waals surface area contributed by atoms with Crippen LogP contribution in [0.3, 0.4) is 0 Å². The van der Waals surface area contributed by atoms with E-state index >= 15 is 0 Å². The predicted octanol–water partition coefficient (Wildman–Crippen LogP) is 2.68. The molecular formula is C24H26N6O2. The zero-order valence-corrected chi connectivity index (χ0v) is 18.1. The van der Waals surface area contributed by atoms with Gasteiger partial charge in [0.1, 0.15) is 5.82 Å². The van der Waals surface area contributed by atoms with Crippen LogP contribution in [0.5, 0.6) is 0 Å². The number of aryl methyl sites for hydroxylation is 2. The zero-order chi connectivity index (χ0) is 21.9. The average molecular weight is 431 g/mol. The molecule has 1 aliphatic heterocycles. The molecule has 4 aromatic rings. The van der Waals surface area contributed by atoms with E-state index in [4.69, 9.17) is 4.42 Å². The summed E-state index contributed by atoms with van der Waals surface area (Å²) in [6.45, 7) is 4.62. The predicted molar refractivity (Wildman–Crippen MR) is 123 cm³/mol. The van der Waals surface area contributed by atoms with Gasteiger partial charge in [-0.25, -0.2) is 14.8 Å². The highest BCUT2D eigenvalue weighted by atomic mass is 16.3. The van der Waals surface area contributed by atoms with Gasteiger partial charge in [-0.05, 0) is 49.4 Å². The fraction of sp³-hybridized carbons (Fsp3) is 0.292. The van der Waals surface area contributed by atoms with Crippen LogP contribution in [-0.4, -0.2) is 57.2 Å². The monoisotopic (exact) mass is 430 g/mol. The molecule has 0 N–H and O–H groups in total. The zero-order valence-electron chi connectivity index (χ0n) is 18.1. The minimum atomic E-state index is -0.0533. The molecule has 164 valence electrons.